The van der Waals surface area contributed by atoms with E-state index in [4.69, 9.17) is 11.6 Å². The Morgan fingerprint density at radius 3 is 2.89 bits per heavy atom. The van der Waals surface area contributed by atoms with Crippen LogP contribution in [0.3, 0.4) is 0 Å². The summed E-state index contributed by atoms with van der Waals surface area (Å²) in [5.74, 6) is -0.242. The van der Waals surface area contributed by atoms with Gasteiger partial charge in [0.05, 0.1) is 0 Å². The topological polar surface area (TPSA) is 49.3 Å². The standard InChI is InChI=1S/C13H12ClNO2S/c14-10-4-1-3-9(7-10)13(17)15-8-11(16)12-5-2-6-18-12/h1-7,11,16H,8H2,(H,15,17). The summed E-state index contributed by atoms with van der Waals surface area (Å²) >= 11 is 7.26. The number of thiophene rings is 1. The number of aliphatic hydroxyl groups excluding tert-OH is 1. The minimum atomic E-state index is -0.673. The van der Waals surface area contributed by atoms with E-state index in [1.165, 1.54) is 11.3 Å². The third kappa shape index (κ3) is 3.32. The number of hydrogen-bond donors (Lipinski definition) is 2. The van der Waals surface area contributed by atoms with Gasteiger partial charge in [-0.25, -0.2) is 0 Å². The minimum Gasteiger partial charge on any atom is -0.386 e. The van der Waals surface area contributed by atoms with E-state index in [0.29, 0.717) is 10.6 Å². The number of carbonyl (C=O) groups excluding carboxylic acids is 1. The van der Waals surface area contributed by atoms with Crippen molar-refractivity contribution in [3.05, 3.63) is 57.2 Å². The molecule has 18 heavy (non-hydrogen) atoms. The Morgan fingerprint density at radius 1 is 1.39 bits per heavy atom. The molecule has 2 rings (SSSR count). The third-order valence-electron chi connectivity index (χ3n) is 2.41. The molecule has 1 unspecified atom stereocenters. The molecule has 1 heterocycles. The van der Waals surface area contributed by atoms with Crippen LogP contribution in [-0.2, 0) is 0 Å². The highest BCUT2D eigenvalue weighted by Crippen LogP contribution is 2.18. The lowest BCUT2D eigenvalue weighted by molar-refractivity contribution is 0.0918. The SMILES string of the molecule is O=C(NCC(O)c1cccs1)c1cccc(Cl)c1. The van der Waals surface area contributed by atoms with Crippen LogP contribution in [0.1, 0.15) is 21.3 Å². The molecule has 1 aromatic heterocycles. The maximum absolute atomic E-state index is 11.8. The van der Waals surface area contributed by atoms with E-state index in [1.54, 1.807) is 24.3 Å². The molecule has 0 fully saturated rings. The second-order valence-electron chi connectivity index (χ2n) is 3.75. The highest BCUT2D eigenvalue weighted by atomic mass is 35.5. The Bertz CT molecular complexity index is 528. The Hall–Kier alpha value is -1.36. The molecular formula is C13H12ClNO2S. The van der Waals surface area contributed by atoms with E-state index in [-0.39, 0.29) is 12.5 Å². The molecule has 0 radical (unpaired) electrons. The van der Waals surface area contributed by atoms with Gasteiger partial charge in [-0.3, -0.25) is 4.79 Å². The Kier molecular flexibility index (Phi) is 4.36. The zero-order valence-electron chi connectivity index (χ0n) is 9.47. The van der Waals surface area contributed by atoms with Crippen LogP contribution in [0, 0.1) is 0 Å². The summed E-state index contributed by atoms with van der Waals surface area (Å²) in [6, 6.07) is 10.4. The van der Waals surface area contributed by atoms with Crippen LogP contribution in [0.5, 0.6) is 0 Å². The van der Waals surface area contributed by atoms with Crippen LogP contribution < -0.4 is 5.32 Å². The Balaban J connectivity index is 1.92. The van der Waals surface area contributed by atoms with Gasteiger partial charge in [-0.1, -0.05) is 23.7 Å². The average molecular weight is 282 g/mol. The van der Waals surface area contributed by atoms with Crippen molar-refractivity contribution >= 4 is 28.8 Å². The van der Waals surface area contributed by atoms with Crippen LogP contribution in [0.15, 0.2) is 41.8 Å². The van der Waals surface area contributed by atoms with Crippen molar-refractivity contribution in [1.82, 2.24) is 5.32 Å². The van der Waals surface area contributed by atoms with Gasteiger partial charge in [-0.15, -0.1) is 11.3 Å². The quantitative estimate of drug-likeness (QED) is 0.905. The summed E-state index contributed by atoms with van der Waals surface area (Å²) in [5.41, 5.74) is 0.487. The number of aliphatic hydroxyl groups is 1. The van der Waals surface area contributed by atoms with Gasteiger partial charge in [0.25, 0.3) is 5.91 Å². The molecule has 0 saturated carbocycles. The van der Waals surface area contributed by atoms with Crippen molar-refractivity contribution in [1.29, 1.82) is 0 Å². The molecule has 0 aliphatic heterocycles. The van der Waals surface area contributed by atoms with Crippen molar-refractivity contribution < 1.29 is 9.90 Å². The highest BCUT2D eigenvalue weighted by molar-refractivity contribution is 7.10. The Morgan fingerprint density at radius 2 is 2.22 bits per heavy atom. The van der Waals surface area contributed by atoms with Crippen LogP contribution in [-0.4, -0.2) is 17.6 Å². The van der Waals surface area contributed by atoms with Gasteiger partial charge in [-0.2, -0.15) is 0 Å². The predicted octanol–water partition coefficient (Wildman–Crippen LogP) is 2.86. The maximum Gasteiger partial charge on any atom is 0.251 e. The average Bonchev–Trinajstić information content (AvgIpc) is 2.89. The lowest BCUT2D eigenvalue weighted by Crippen LogP contribution is -2.28. The molecule has 3 nitrogen and oxygen atoms in total. The number of carbonyl (C=O) groups is 1. The summed E-state index contributed by atoms with van der Waals surface area (Å²) in [6.07, 6.45) is -0.673. The van der Waals surface area contributed by atoms with Crippen LogP contribution in [0.25, 0.3) is 0 Å². The van der Waals surface area contributed by atoms with Gasteiger partial charge in [0, 0.05) is 22.0 Å². The molecule has 1 atom stereocenters. The van der Waals surface area contributed by atoms with Gasteiger partial charge in [0.1, 0.15) is 6.10 Å². The Labute approximate surface area is 114 Å². The first-order valence-electron chi connectivity index (χ1n) is 5.42. The number of hydrogen-bond acceptors (Lipinski definition) is 3. The summed E-state index contributed by atoms with van der Waals surface area (Å²) < 4.78 is 0. The molecular weight excluding hydrogens is 270 g/mol. The molecule has 1 amide bonds. The first-order valence-corrected chi connectivity index (χ1v) is 6.68. The van der Waals surface area contributed by atoms with Crippen molar-refractivity contribution in [3.8, 4) is 0 Å². The molecule has 5 heteroatoms. The van der Waals surface area contributed by atoms with Crippen molar-refractivity contribution in [2.75, 3.05) is 6.54 Å². The van der Waals surface area contributed by atoms with Crippen LogP contribution in [0.2, 0.25) is 5.02 Å². The first-order chi connectivity index (χ1) is 8.66. The normalized spacial score (nSPS) is 12.1. The lowest BCUT2D eigenvalue weighted by Gasteiger charge is -2.10. The van der Waals surface area contributed by atoms with Gasteiger partial charge < -0.3 is 10.4 Å². The monoisotopic (exact) mass is 281 g/mol. The van der Waals surface area contributed by atoms with Crippen molar-refractivity contribution in [2.24, 2.45) is 0 Å². The summed E-state index contributed by atoms with van der Waals surface area (Å²) in [4.78, 5) is 12.6. The number of rotatable bonds is 4. The first kappa shape index (κ1) is 13.1. The molecule has 0 saturated heterocycles. The maximum atomic E-state index is 11.8. The fourth-order valence-electron chi connectivity index (χ4n) is 1.50. The number of halogens is 1. The van der Waals surface area contributed by atoms with E-state index in [2.05, 4.69) is 5.32 Å². The molecule has 0 aliphatic carbocycles. The van der Waals surface area contributed by atoms with E-state index >= 15 is 0 Å². The molecule has 0 bridgehead atoms. The zero-order valence-corrected chi connectivity index (χ0v) is 11.0. The molecule has 0 spiro atoms. The van der Waals surface area contributed by atoms with E-state index in [9.17, 15) is 9.90 Å². The summed E-state index contributed by atoms with van der Waals surface area (Å²) in [6.45, 7) is 0.186. The number of amides is 1. The predicted molar refractivity (Wildman–Crippen MR) is 73.1 cm³/mol. The van der Waals surface area contributed by atoms with Crippen molar-refractivity contribution in [3.63, 3.8) is 0 Å². The molecule has 0 aliphatic rings. The molecule has 2 N–H and O–H groups in total. The summed E-state index contributed by atoms with van der Waals surface area (Å²) in [5, 5.41) is 14.9. The zero-order chi connectivity index (χ0) is 13.0. The molecule has 94 valence electrons. The largest absolute Gasteiger partial charge is 0.386 e. The minimum absolute atomic E-state index is 0.186. The van der Waals surface area contributed by atoms with E-state index in [1.807, 2.05) is 17.5 Å². The number of benzene rings is 1. The second kappa shape index (κ2) is 6.00. The lowest BCUT2D eigenvalue weighted by atomic mass is 10.2. The van der Waals surface area contributed by atoms with Gasteiger partial charge in [-0.05, 0) is 29.6 Å². The van der Waals surface area contributed by atoms with Crippen molar-refractivity contribution in [2.45, 2.75) is 6.10 Å². The van der Waals surface area contributed by atoms with Gasteiger partial charge >= 0.3 is 0 Å². The van der Waals surface area contributed by atoms with Crippen LogP contribution in [0.4, 0.5) is 0 Å². The van der Waals surface area contributed by atoms with Crippen LogP contribution >= 0.6 is 22.9 Å². The number of nitrogens with one attached hydrogen (secondary N) is 1. The summed E-state index contributed by atoms with van der Waals surface area (Å²) in [7, 11) is 0. The van der Waals surface area contributed by atoms with E-state index in [0.717, 1.165) is 4.88 Å². The molecule has 1 aromatic carbocycles. The van der Waals surface area contributed by atoms with Gasteiger partial charge in [0.15, 0.2) is 0 Å². The second-order valence-corrected chi connectivity index (χ2v) is 5.17. The van der Waals surface area contributed by atoms with Gasteiger partial charge in [0.2, 0.25) is 0 Å². The highest BCUT2D eigenvalue weighted by Gasteiger charge is 2.11. The fourth-order valence-corrected chi connectivity index (χ4v) is 2.40. The third-order valence-corrected chi connectivity index (χ3v) is 3.62. The van der Waals surface area contributed by atoms with E-state index < -0.39 is 6.10 Å². The fraction of sp³-hybridized carbons (Fsp3) is 0.154. The smallest absolute Gasteiger partial charge is 0.251 e. The molecule has 2 aromatic rings.